The second kappa shape index (κ2) is 5.89. The van der Waals surface area contributed by atoms with Crippen LogP contribution in [0.2, 0.25) is 73.6 Å². The normalized spacial score (nSPS) is 14.6. The first-order valence-electron chi connectivity index (χ1n) is 6.62. The van der Waals surface area contributed by atoms with Gasteiger partial charge in [-0.3, -0.25) is 0 Å². The van der Waals surface area contributed by atoms with Gasteiger partial charge in [0.1, 0.15) is 0 Å². The fourth-order valence-corrected chi connectivity index (χ4v) is 43.8. The van der Waals surface area contributed by atoms with Crippen molar-refractivity contribution in [3.8, 4) is 0 Å². The Balaban J connectivity index is 4.53. The molecule has 0 atom stereocenters. The van der Waals surface area contributed by atoms with Crippen LogP contribution in [-0.2, 0) is 0 Å². The summed E-state index contributed by atoms with van der Waals surface area (Å²) in [4.78, 5) is 5.17. The van der Waals surface area contributed by atoms with E-state index in [0.29, 0.717) is 0 Å². The zero-order chi connectivity index (χ0) is 13.2. The number of hydrogen-bond donors (Lipinski definition) is 0. The summed E-state index contributed by atoms with van der Waals surface area (Å²) in [7, 11) is -2.40. The van der Waals surface area contributed by atoms with Crippen LogP contribution in [0.1, 0.15) is 0 Å². The standard InChI is InChI=1S/C12H33GeSi3/c1-14(2,3)10-13(11-15(4,5)6)12-16(7,8)9/h10-12H2,1-9H3. The molecular weight excluding hydrogens is 301 g/mol. The molecule has 0 aliphatic rings. The Morgan fingerprint density at radius 1 is 0.500 bits per heavy atom. The van der Waals surface area contributed by atoms with Crippen LogP contribution in [0.3, 0.4) is 0 Å². The Bertz CT molecular complexity index is 170. The van der Waals surface area contributed by atoms with Gasteiger partial charge in [-0.1, -0.05) is 0 Å². The molecule has 0 bridgehead atoms. The van der Waals surface area contributed by atoms with Crippen molar-refractivity contribution in [1.29, 1.82) is 0 Å². The van der Waals surface area contributed by atoms with E-state index in [9.17, 15) is 0 Å². The summed E-state index contributed by atoms with van der Waals surface area (Å²) in [5.41, 5.74) is 0. The van der Waals surface area contributed by atoms with Crippen LogP contribution in [-0.4, -0.2) is 38.6 Å². The molecule has 97 valence electrons. The first kappa shape index (κ1) is 17.2. The van der Waals surface area contributed by atoms with E-state index in [4.69, 9.17) is 0 Å². The van der Waals surface area contributed by atoms with Crippen LogP contribution in [0.15, 0.2) is 0 Å². The molecule has 0 spiro atoms. The third kappa shape index (κ3) is 11.7. The van der Waals surface area contributed by atoms with Gasteiger partial charge >= 0.3 is 112 Å². The summed E-state index contributed by atoms with van der Waals surface area (Å²) in [6.07, 6.45) is 0. The van der Waals surface area contributed by atoms with E-state index in [2.05, 4.69) is 58.9 Å². The van der Waals surface area contributed by atoms with E-state index in [1.165, 1.54) is 0 Å². The van der Waals surface area contributed by atoms with E-state index < -0.39 is 38.6 Å². The Morgan fingerprint density at radius 3 is 0.812 bits per heavy atom. The molecule has 0 aromatic heterocycles. The molecular formula is C12H33GeSi3. The molecule has 16 heavy (non-hydrogen) atoms. The fourth-order valence-electron chi connectivity index (χ4n) is 2.44. The summed E-state index contributed by atoms with van der Waals surface area (Å²) in [5.74, 6) is 0. The topological polar surface area (TPSA) is 0 Å². The molecule has 0 N–H and O–H groups in total. The first-order chi connectivity index (χ1) is 6.79. The second-order valence-electron chi connectivity index (χ2n) is 8.96. The van der Waals surface area contributed by atoms with E-state index in [1.807, 2.05) is 0 Å². The van der Waals surface area contributed by atoms with Crippen molar-refractivity contribution >= 4 is 38.6 Å². The van der Waals surface area contributed by atoms with Crippen molar-refractivity contribution in [2.24, 2.45) is 0 Å². The van der Waals surface area contributed by atoms with Crippen LogP contribution in [0, 0.1) is 0 Å². The maximum absolute atomic E-state index is 2.58. The minimum absolute atomic E-state index is 0.718. The number of hydrogen-bond acceptors (Lipinski definition) is 0. The Labute approximate surface area is 112 Å². The van der Waals surface area contributed by atoms with E-state index in [1.54, 1.807) is 14.6 Å². The SMILES string of the molecule is C[Si](C)(C)[CH2][Ge]([CH2][Si](C)(C)C)[CH2][Si](C)(C)C. The van der Waals surface area contributed by atoms with Crippen LogP contribution < -0.4 is 0 Å². The average Bonchev–Trinajstić information content (AvgIpc) is 1.70. The van der Waals surface area contributed by atoms with Gasteiger partial charge in [-0.2, -0.15) is 0 Å². The van der Waals surface area contributed by atoms with Gasteiger partial charge in [-0.05, 0) is 0 Å². The molecule has 0 unspecified atom stereocenters. The van der Waals surface area contributed by atoms with Crippen molar-refractivity contribution in [2.45, 2.75) is 73.6 Å². The summed E-state index contributed by atoms with van der Waals surface area (Å²) >= 11 is -0.718. The molecule has 0 aromatic rings. The molecule has 4 heteroatoms. The van der Waals surface area contributed by atoms with Crippen LogP contribution in [0.25, 0.3) is 0 Å². The molecule has 0 saturated carbocycles. The molecule has 0 aromatic carbocycles. The average molecular weight is 334 g/mol. The second-order valence-corrected chi connectivity index (χ2v) is 35.2. The third-order valence-electron chi connectivity index (χ3n) is 2.34. The molecule has 0 aliphatic heterocycles. The van der Waals surface area contributed by atoms with E-state index in [0.717, 1.165) is 0 Å². The minimum atomic E-state index is -0.801. The van der Waals surface area contributed by atoms with Crippen LogP contribution >= 0.6 is 0 Å². The van der Waals surface area contributed by atoms with Gasteiger partial charge in [0.15, 0.2) is 0 Å². The molecule has 0 saturated heterocycles. The monoisotopic (exact) mass is 335 g/mol. The van der Waals surface area contributed by atoms with Crippen molar-refractivity contribution in [3.63, 3.8) is 0 Å². The maximum atomic E-state index is 2.58. The molecule has 0 fully saturated rings. The van der Waals surface area contributed by atoms with Crippen LogP contribution in [0.4, 0.5) is 0 Å². The Morgan fingerprint density at radius 2 is 0.688 bits per heavy atom. The molecule has 0 rings (SSSR count). The van der Waals surface area contributed by atoms with Crippen molar-refractivity contribution in [2.75, 3.05) is 0 Å². The van der Waals surface area contributed by atoms with Crippen LogP contribution in [0.5, 0.6) is 0 Å². The summed E-state index contributed by atoms with van der Waals surface area (Å²) in [5, 5.41) is 0. The van der Waals surface area contributed by atoms with Crippen molar-refractivity contribution in [1.82, 2.24) is 0 Å². The van der Waals surface area contributed by atoms with Gasteiger partial charge in [-0.15, -0.1) is 0 Å². The van der Waals surface area contributed by atoms with Gasteiger partial charge in [0.2, 0.25) is 0 Å². The van der Waals surface area contributed by atoms with Gasteiger partial charge in [0.25, 0.3) is 0 Å². The molecule has 0 heterocycles. The molecule has 1 radical (unpaired) electrons. The predicted molar refractivity (Wildman–Crippen MR) is 90.2 cm³/mol. The van der Waals surface area contributed by atoms with Crippen molar-refractivity contribution in [3.05, 3.63) is 0 Å². The number of rotatable bonds is 6. The first-order valence-corrected chi connectivity index (χ1v) is 22.2. The van der Waals surface area contributed by atoms with Gasteiger partial charge in [0, 0.05) is 0 Å². The van der Waals surface area contributed by atoms with Crippen molar-refractivity contribution < 1.29 is 0 Å². The fraction of sp³-hybridized carbons (Fsp3) is 1.00. The van der Waals surface area contributed by atoms with Gasteiger partial charge < -0.3 is 0 Å². The van der Waals surface area contributed by atoms with E-state index in [-0.39, 0.29) is 0 Å². The summed E-state index contributed by atoms with van der Waals surface area (Å²) in [6.45, 7) is 23.2. The Hall–Kier alpha value is 1.19. The van der Waals surface area contributed by atoms with E-state index >= 15 is 0 Å². The summed E-state index contributed by atoms with van der Waals surface area (Å²) in [6, 6.07) is 0. The van der Waals surface area contributed by atoms with Gasteiger partial charge in [0.05, 0.1) is 0 Å². The zero-order valence-corrected chi connectivity index (χ0v) is 18.2. The molecule has 0 nitrogen and oxygen atoms in total. The molecule has 0 aliphatic carbocycles. The molecule has 0 amide bonds. The quantitative estimate of drug-likeness (QED) is 0.592. The van der Waals surface area contributed by atoms with Gasteiger partial charge in [-0.25, -0.2) is 0 Å². The Kier molecular flexibility index (Phi) is 6.33. The third-order valence-corrected chi connectivity index (χ3v) is 36.5. The predicted octanol–water partition coefficient (Wildman–Crippen LogP) is 5.11. The zero-order valence-electron chi connectivity index (χ0n) is 13.1. The summed E-state index contributed by atoms with van der Waals surface area (Å²) < 4.78 is 0.